The molecule has 2 aromatic rings. The van der Waals surface area contributed by atoms with Crippen LogP contribution in [0.25, 0.3) is 0 Å². The van der Waals surface area contributed by atoms with Crippen molar-refractivity contribution < 1.29 is 27.1 Å². The average Bonchev–Trinajstić information content (AvgIpc) is 2.49. The molecule has 0 spiro atoms. The number of alkyl halides is 2. The number of rotatable bonds is 5. The maximum Gasteiger partial charge on any atom is 0.387 e. The highest BCUT2D eigenvalue weighted by Gasteiger charge is 2.12. The first-order chi connectivity index (χ1) is 11.3. The molecule has 8 heteroatoms. The fraction of sp³-hybridized carbons (Fsp3) is 0.188. The average molecular weight is 342 g/mol. The zero-order valence-corrected chi connectivity index (χ0v) is 12.5. The highest BCUT2D eigenvalue weighted by molar-refractivity contribution is 5.89. The third-order valence-corrected chi connectivity index (χ3v) is 3.11. The van der Waals surface area contributed by atoms with Gasteiger partial charge in [0.15, 0.2) is 11.6 Å². The van der Waals surface area contributed by atoms with Crippen LogP contribution in [0, 0.1) is 11.6 Å². The minimum atomic E-state index is -2.97. The Bertz CT molecular complexity index is 725. The molecule has 0 saturated heterocycles. The molecule has 128 valence electrons. The second-order valence-electron chi connectivity index (χ2n) is 4.90. The van der Waals surface area contributed by atoms with Crippen molar-refractivity contribution in [3.05, 3.63) is 59.7 Å². The van der Waals surface area contributed by atoms with Crippen molar-refractivity contribution in [2.75, 3.05) is 5.32 Å². The Morgan fingerprint density at radius 1 is 1.08 bits per heavy atom. The van der Waals surface area contributed by atoms with Gasteiger partial charge in [0, 0.05) is 11.8 Å². The van der Waals surface area contributed by atoms with Crippen LogP contribution in [0.4, 0.5) is 28.0 Å². The van der Waals surface area contributed by atoms with E-state index in [1.807, 2.05) is 0 Å². The first-order valence-electron chi connectivity index (χ1n) is 6.92. The predicted molar refractivity (Wildman–Crippen MR) is 80.0 cm³/mol. The largest absolute Gasteiger partial charge is 0.435 e. The number of benzene rings is 2. The smallest absolute Gasteiger partial charge is 0.387 e. The van der Waals surface area contributed by atoms with E-state index in [2.05, 4.69) is 15.4 Å². The summed E-state index contributed by atoms with van der Waals surface area (Å²) in [5.41, 5.74) is 0.613. The molecular weight excluding hydrogens is 328 g/mol. The lowest BCUT2D eigenvalue weighted by Gasteiger charge is -2.15. The molecule has 0 fully saturated rings. The van der Waals surface area contributed by atoms with Gasteiger partial charge >= 0.3 is 12.6 Å². The summed E-state index contributed by atoms with van der Waals surface area (Å²) in [4.78, 5) is 11.9. The van der Waals surface area contributed by atoms with Crippen LogP contribution in [-0.2, 0) is 0 Å². The molecule has 4 nitrogen and oxygen atoms in total. The second kappa shape index (κ2) is 7.67. The summed E-state index contributed by atoms with van der Waals surface area (Å²) in [5, 5.41) is 4.96. The van der Waals surface area contributed by atoms with Crippen LogP contribution in [0.3, 0.4) is 0 Å². The number of anilines is 1. The molecule has 0 bridgehead atoms. The van der Waals surface area contributed by atoms with Gasteiger partial charge in [0.25, 0.3) is 0 Å². The van der Waals surface area contributed by atoms with E-state index in [-0.39, 0.29) is 11.4 Å². The zero-order chi connectivity index (χ0) is 17.7. The molecule has 2 rings (SSSR count). The topological polar surface area (TPSA) is 50.4 Å². The number of hydrogen-bond acceptors (Lipinski definition) is 2. The van der Waals surface area contributed by atoms with E-state index in [4.69, 9.17) is 0 Å². The maximum absolute atomic E-state index is 13.2. The summed E-state index contributed by atoms with van der Waals surface area (Å²) in [6.07, 6.45) is 0. The number of halogens is 4. The number of carbonyl (C=O) groups is 1. The SMILES string of the molecule is C[C@@H](NC(=O)Nc1cccc(OC(F)F)c1)c1ccc(F)c(F)c1. The van der Waals surface area contributed by atoms with Crippen LogP contribution in [0.1, 0.15) is 18.5 Å². The number of ether oxygens (including phenoxy) is 1. The monoisotopic (exact) mass is 342 g/mol. The summed E-state index contributed by atoms with van der Waals surface area (Å²) in [7, 11) is 0. The fourth-order valence-electron chi connectivity index (χ4n) is 1.98. The van der Waals surface area contributed by atoms with Gasteiger partial charge in [-0.05, 0) is 36.8 Å². The summed E-state index contributed by atoms with van der Waals surface area (Å²) in [5.74, 6) is -2.10. The molecule has 1 atom stereocenters. The zero-order valence-electron chi connectivity index (χ0n) is 12.5. The van der Waals surface area contributed by atoms with Gasteiger partial charge in [-0.2, -0.15) is 8.78 Å². The van der Waals surface area contributed by atoms with Gasteiger partial charge in [-0.3, -0.25) is 0 Å². The molecule has 0 aliphatic heterocycles. The molecule has 0 aromatic heterocycles. The van der Waals surface area contributed by atoms with E-state index in [9.17, 15) is 22.4 Å². The van der Waals surface area contributed by atoms with Crippen molar-refractivity contribution >= 4 is 11.7 Å². The molecular formula is C16H14F4N2O2. The summed E-state index contributed by atoms with van der Waals surface area (Å²) in [6, 6.07) is 7.53. The van der Waals surface area contributed by atoms with Crippen LogP contribution in [0.2, 0.25) is 0 Å². The van der Waals surface area contributed by atoms with Gasteiger partial charge in [0.2, 0.25) is 0 Å². The molecule has 0 unspecified atom stereocenters. The Kier molecular flexibility index (Phi) is 5.62. The molecule has 0 saturated carbocycles. The van der Waals surface area contributed by atoms with Crippen molar-refractivity contribution in [1.29, 1.82) is 0 Å². The van der Waals surface area contributed by atoms with Crippen molar-refractivity contribution in [1.82, 2.24) is 5.32 Å². The van der Waals surface area contributed by atoms with E-state index < -0.39 is 30.3 Å². The summed E-state index contributed by atoms with van der Waals surface area (Å²) in [6.45, 7) is -1.38. The molecule has 2 N–H and O–H groups in total. The van der Waals surface area contributed by atoms with Crippen molar-refractivity contribution in [2.45, 2.75) is 19.6 Å². The highest BCUT2D eigenvalue weighted by atomic mass is 19.3. The lowest BCUT2D eigenvalue weighted by atomic mass is 10.1. The van der Waals surface area contributed by atoms with Gasteiger partial charge in [-0.25, -0.2) is 13.6 Å². The quantitative estimate of drug-likeness (QED) is 0.789. The highest BCUT2D eigenvalue weighted by Crippen LogP contribution is 2.20. The van der Waals surface area contributed by atoms with E-state index in [0.717, 1.165) is 12.1 Å². The number of hydrogen-bond donors (Lipinski definition) is 2. The Balaban J connectivity index is 1.98. The second-order valence-corrected chi connectivity index (χ2v) is 4.90. The van der Waals surface area contributed by atoms with Gasteiger partial charge in [-0.1, -0.05) is 12.1 Å². The van der Waals surface area contributed by atoms with E-state index in [1.54, 1.807) is 6.92 Å². The third kappa shape index (κ3) is 4.87. The maximum atomic E-state index is 13.2. The number of urea groups is 1. The van der Waals surface area contributed by atoms with Gasteiger partial charge in [-0.15, -0.1) is 0 Å². The van der Waals surface area contributed by atoms with Gasteiger partial charge < -0.3 is 15.4 Å². The molecule has 2 aromatic carbocycles. The lowest BCUT2D eigenvalue weighted by Crippen LogP contribution is -2.31. The van der Waals surface area contributed by atoms with Crippen molar-refractivity contribution in [2.24, 2.45) is 0 Å². The molecule has 0 radical (unpaired) electrons. The minimum Gasteiger partial charge on any atom is -0.435 e. The Morgan fingerprint density at radius 3 is 2.50 bits per heavy atom. The molecule has 24 heavy (non-hydrogen) atoms. The minimum absolute atomic E-state index is 0.101. The van der Waals surface area contributed by atoms with Gasteiger partial charge in [0.1, 0.15) is 5.75 Å². The van der Waals surface area contributed by atoms with Crippen LogP contribution < -0.4 is 15.4 Å². The first kappa shape index (κ1) is 17.6. The van der Waals surface area contributed by atoms with Crippen LogP contribution in [0.5, 0.6) is 5.75 Å². The lowest BCUT2D eigenvalue weighted by molar-refractivity contribution is -0.0497. The molecule has 2 amide bonds. The van der Waals surface area contributed by atoms with Crippen molar-refractivity contribution in [3.8, 4) is 5.75 Å². The normalized spacial score (nSPS) is 11.9. The number of carbonyl (C=O) groups excluding carboxylic acids is 1. The summed E-state index contributed by atoms with van der Waals surface area (Å²) >= 11 is 0. The van der Waals surface area contributed by atoms with Gasteiger partial charge in [0.05, 0.1) is 6.04 Å². The predicted octanol–water partition coefficient (Wildman–Crippen LogP) is 4.45. The van der Waals surface area contributed by atoms with E-state index in [0.29, 0.717) is 5.56 Å². The number of amides is 2. The van der Waals surface area contributed by atoms with Crippen LogP contribution in [0.15, 0.2) is 42.5 Å². The number of nitrogens with one attached hydrogen (secondary N) is 2. The van der Waals surface area contributed by atoms with E-state index in [1.165, 1.54) is 30.3 Å². The first-order valence-corrected chi connectivity index (χ1v) is 6.92. The van der Waals surface area contributed by atoms with Crippen LogP contribution >= 0.6 is 0 Å². The third-order valence-electron chi connectivity index (χ3n) is 3.11. The fourth-order valence-corrected chi connectivity index (χ4v) is 1.98. The Morgan fingerprint density at radius 2 is 1.83 bits per heavy atom. The molecule has 0 aliphatic carbocycles. The summed E-state index contributed by atoms with van der Waals surface area (Å²) < 4.78 is 54.6. The standard InChI is InChI=1S/C16H14F4N2O2/c1-9(10-5-6-13(17)14(18)7-10)21-16(23)22-11-3-2-4-12(8-11)24-15(19)20/h2-9,15H,1H3,(H2,21,22,23)/t9-/m1/s1. The molecule has 0 heterocycles. The van der Waals surface area contributed by atoms with Crippen molar-refractivity contribution in [3.63, 3.8) is 0 Å². The Hall–Kier alpha value is -2.77. The molecule has 0 aliphatic rings. The van der Waals surface area contributed by atoms with Crippen LogP contribution in [-0.4, -0.2) is 12.6 Å². The van der Waals surface area contributed by atoms with E-state index >= 15 is 0 Å². The Labute approximate surface area is 135 Å².